The molecule has 98 valence electrons. The molecule has 0 atom stereocenters. The second kappa shape index (κ2) is 5.62. The van der Waals surface area contributed by atoms with Gasteiger partial charge in [0.1, 0.15) is 0 Å². The van der Waals surface area contributed by atoms with Crippen LogP contribution >= 0.6 is 0 Å². The van der Waals surface area contributed by atoms with Gasteiger partial charge < -0.3 is 0 Å². The average Bonchev–Trinajstić information content (AvgIpc) is 2.40. The lowest BCUT2D eigenvalue weighted by atomic mass is 10.3. The molecule has 19 heavy (non-hydrogen) atoms. The number of hydrogen-bond donors (Lipinski definition) is 1. The third-order valence-electron chi connectivity index (χ3n) is 2.33. The van der Waals surface area contributed by atoms with Gasteiger partial charge in [-0.1, -0.05) is 24.3 Å². The van der Waals surface area contributed by atoms with Crippen molar-refractivity contribution in [2.45, 2.75) is 11.8 Å². The van der Waals surface area contributed by atoms with E-state index in [1.807, 2.05) is 19.1 Å². The third-order valence-corrected chi connectivity index (χ3v) is 3.57. The van der Waals surface area contributed by atoms with Crippen LogP contribution < -0.4 is 4.83 Å². The molecule has 2 rings (SSSR count). The Labute approximate surface area is 112 Å². The SMILES string of the molecule is Cc1cccc(/C=N\NS(=O)(=O)c2ccccc2)n1. The summed E-state index contributed by atoms with van der Waals surface area (Å²) in [6.45, 7) is 1.85. The summed E-state index contributed by atoms with van der Waals surface area (Å²) in [5.41, 5.74) is 1.44. The molecule has 5 nitrogen and oxygen atoms in total. The molecule has 0 aliphatic rings. The monoisotopic (exact) mass is 275 g/mol. The van der Waals surface area contributed by atoms with Crippen LogP contribution in [0.3, 0.4) is 0 Å². The fourth-order valence-electron chi connectivity index (χ4n) is 1.45. The second-order valence-electron chi connectivity index (χ2n) is 3.87. The normalized spacial score (nSPS) is 11.6. The van der Waals surface area contributed by atoms with Crippen LogP contribution in [0.1, 0.15) is 11.4 Å². The van der Waals surface area contributed by atoms with Gasteiger partial charge in [0.05, 0.1) is 16.8 Å². The minimum atomic E-state index is -3.62. The Bertz CT molecular complexity index is 682. The van der Waals surface area contributed by atoms with Gasteiger partial charge in [-0.15, -0.1) is 0 Å². The molecule has 1 aromatic heterocycles. The summed E-state index contributed by atoms with van der Waals surface area (Å²) in [6.07, 6.45) is 1.37. The summed E-state index contributed by atoms with van der Waals surface area (Å²) in [4.78, 5) is 6.50. The summed E-state index contributed by atoms with van der Waals surface area (Å²) in [6, 6.07) is 13.5. The van der Waals surface area contributed by atoms with Crippen molar-refractivity contribution >= 4 is 16.2 Å². The van der Waals surface area contributed by atoms with E-state index in [1.165, 1.54) is 18.3 Å². The van der Waals surface area contributed by atoms with E-state index < -0.39 is 10.0 Å². The Balaban J connectivity index is 2.10. The Hall–Kier alpha value is -2.21. The highest BCUT2D eigenvalue weighted by atomic mass is 32.2. The molecule has 0 fully saturated rings. The highest BCUT2D eigenvalue weighted by Crippen LogP contribution is 2.06. The van der Waals surface area contributed by atoms with Crippen LogP contribution in [0.4, 0.5) is 0 Å². The van der Waals surface area contributed by atoms with Gasteiger partial charge in [-0.2, -0.15) is 13.5 Å². The van der Waals surface area contributed by atoms with Crippen LogP contribution in [0.5, 0.6) is 0 Å². The highest BCUT2D eigenvalue weighted by molar-refractivity contribution is 7.89. The van der Waals surface area contributed by atoms with E-state index in [2.05, 4.69) is 14.9 Å². The molecule has 1 N–H and O–H groups in total. The van der Waals surface area contributed by atoms with Gasteiger partial charge >= 0.3 is 0 Å². The van der Waals surface area contributed by atoms with E-state index in [9.17, 15) is 8.42 Å². The maximum atomic E-state index is 11.8. The van der Waals surface area contributed by atoms with Crippen LogP contribution in [-0.2, 0) is 10.0 Å². The van der Waals surface area contributed by atoms with Crippen LogP contribution in [0.2, 0.25) is 0 Å². The molecule has 0 spiro atoms. The number of benzene rings is 1. The fraction of sp³-hybridized carbons (Fsp3) is 0.0769. The zero-order chi connectivity index (χ0) is 13.7. The first-order valence-corrected chi connectivity index (χ1v) is 7.10. The fourth-order valence-corrected chi connectivity index (χ4v) is 2.26. The molecule has 6 heteroatoms. The average molecular weight is 275 g/mol. The molecule has 2 aromatic rings. The van der Waals surface area contributed by atoms with Gasteiger partial charge in [0, 0.05) is 5.69 Å². The van der Waals surface area contributed by atoms with Crippen molar-refractivity contribution in [3.8, 4) is 0 Å². The number of nitrogens with one attached hydrogen (secondary N) is 1. The maximum absolute atomic E-state index is 11.8. The first-order valence-electron chi connectivity index (χ1n) is 5.61. The Kier molecular flexibility index (Phi) is 3.91. The van der Waals surface area contributed by atoms with Crippen molar-refractivity contribution in [3.63, 3.8) is 0 Å². The quantitative estimate of drug-likeness (QED) is 0.682. The van der Waals surface area contributed by atoms with Gasteiger partial charge in [0.25, 0.3) is 10.0 Å². The first-order chi connectivity index (χ1) is 9.08. The van der Waals surface area contributed by atoms with Crippen molar-refractivity contribution in [2.75, 3.05) is 0 Å². The van der Waals surface area contributed by atoms with Gasteiger partial charge in [-0.25, -0.2) is 4.83 Å². The Morgan fingerprint density at radius 2 is 1.84 bits per heavy atom. The molecular weight excluding hydrogens is 262 g/mol. The predicted octanol–water partition coefficient (Wildman–Crippen LogP) is 1.70. The predicted molar refractivity (Wildman–Crippen MR) is 73.3 cm³/mol. The van der Waals surface area contributed by atoms with E-state index in [-0.39, 0.29) is 4.90 Å². The minimum absolute atomic E-state index is 0.171. The molecule has 0 aliphatic heterocycles. The molecule has 0 saturated heterocycles. The van der Waals surface area contributed by atoms with E-state index in [0.29, 0.717) is 5.69 Å². The Morgan fingerprint density at radius 3 is 2.53 bits per heavy atom. The van der Waals surface area contributed by atoms with E-state index >= 15 is 0 Å². The van der Waals surface area contributed by atoms with Gasteiger partial charge in [-0.3, -0.25) is 4.98 Å². The lowest BCUT2D eigenvalue weighted by Gasteiger charge is -2.02. The van der Waals surface area contributed by atoms with Crippen LogP contribution in [0.15, 0.2) is 58.5 Å². The van der Waals surface area contributed by atoms with Gasteiger partial charge in [-0.05, 0) is 31.2 Å². The van der Waals surface area contributed by atoms with Crippen LogP contribution in [-0.4, -0.2) is 19.6 Å². The summed E-state index contributed by atoms with van der Waals surface area (Å²) in [7, 11) is -3.62. The molecule has 0 unspecified atom stereocenters. The van der Waals surface area contributed by atoms with E-state index in [0.717, 1.165) is 5.69 Å². The van der Waals surface area contributed by atoms with E-state index in [4.69, 9.17) is 0 Å². The second-order valence-corrected chi connectivity index (χ2v) is 5.53. The third kappa shape index (κ3) is 3.62. The number of aryl methyl sites for hydroxylation is 1. The van der Waals surface area contributed by atoms with Crippen molar-refractivity contribution in [3.05, 3.63) is 59.9 Å². The Morgan fingerprint density at radius 1 is 1.11 bits per heavy atom. The number of pyridine rings is 1. The number of aromatic nitrogens is 1. The van der Waals surface area contributed by atoms with Crippen molar-refractivity contribution in [1.29, 1.82) is 0 Å². The van der Waals surface area contributed by atoms with E-state index in [1.54, 1.807) is 24.3 Å². The van der Waals surface area contributed by atoms with Gasteiger partial charge in [0.2, 0.25) is 0 Å². The molecule has 0 aliphatic carbocycles. The lowest BCUT2D eigenvalue weighted by molar-refractivity contribution is 0.584. The number of sulfonamides is 1. The first kappa shape index (κ1) is 13.2. The largest absolute Gasteiger partial charge is 0.276 e. The molecule has 0 radical (unpaired) electrons. The zero-order valence-corrected chi connectivity index (χ0v) is 11.1. The molecular formula is C13H13N3O2S. The van der Waals surface area contributed by atoms with Crippen LogP contribution in [0.25, 0.3) is 0 Å². The minimum Gasteiger partial charge on any atom is -0.252 e. The van der Waals surface area contributed by atoms with Crippen molar-refractivity contribution in [2.24, 2.45) is 5.10 Å². The topological polar surface area (TPSA) is 71.4 Å². The molecule has 0 bridgehead atoms. The highest BCUT2D eigenvalue weighted by Gasteiger charge is 2.10. The number of hydrazone groups is 1. The summed E-state index contributed by atoms with van der Waals surface area (Å²) in [5.74, 6) is 0. The standard InChI is InChI=1S/C13H13N3O2S/c1-11-6-5-7-12(15-11)10-14-16-19(17,18)13-8-3-2-4-9-13/h2-10,16H,1H3/b14-10-. The maximum Gasteiger partial charge on any atom is 0.276 e. The van der Waals surface area contributed by atoms with Gasteiger partial charge in [0.15, 0.2) is 0 Å². The molecule has 0 amide bonds. The summed E-state index contributed by atoms with van der Waals surface area (Å²) >= 11 is 0. The number of hydrogen-bond acceptors (Lipinski definition) is 4. The van der Waals surface area contributed by atoms with Crippen molar-refractivity contribution < 1.29 is 8.42 Å². The number of rotatable bonds is 4. The molecule has 1 aromatic carbocycles. The van der Waals surface area contributed by atoms with Crippen molar-refractivity contribution in [1.82, 2.24) is 9.82 Å². The lowest BCUT2D eigenvalue weighted by Crippen LogP contribution is -2.18. The number of nitrogens with zero attached hydrogens (tertiary/aromatic N) is 2. The summed E-state index contributed by atoms with van der Waals surface area (Å²) in [5, 5.41) is 3.71. The summed E-state index contributed by atoms with van der Waals surface area (Å²) < 4.78 is 23.7. The molecule has 1 heterocycles. The smallest absolute Gasteiger partial charge is 0.252 e. The molecule has 0 saturated carbocycles. The zero-order valence-electron chi connectivity index (χ0n) is 10.3. The van der Waals surface area contributed by atoms with Crippen LogP contribution in [0, 0.1) is 6.92 Å².